The number of nitrogens with one attached hydrogen (secondary N) is 1. The molecule has 1 aromatic carbocycles. The van der Waals surface area contributed by atoms with E-state index in [1.54, 1.807) is 19.1 Å². The number of fused-ring (bicyclic) bond motifs is 1. The SMILES string of the molecule is Cc1ccc2c(n1)C(=O)C(Cl)=C(Nc1ccc(N3CCN(C)CC3)cc1)C2=O. The Hall–Kier alpha value is -2.70. The molecule has 28 heavy (non-hydrogen) atoms. The lowest BCUT2D eigenvalue weighted by atomic mass is 9.96. The number of benzene rings is 1. The first-order chi connectivity index (χ1) is 13.4. The molecule has 1 aliphatic carbocycles. The molecule has 1 aromatic heterocycles. The van der Waals surface area contributed by atoms with E-state index in [1.807, 2.05) is 24.3 Å². The number of allylic oxidation sites excluding steroid dienone is 2. The van der Waals surface area contributed by atoms with Gasteiger partial charge in [0.05, 0.1) is 5.56 Å². The number of pyridine rings is 1. The number of halogens is 1. The molecule has 1 N–H and O–H groups in total. The zero-order chi connectivity index (χ0) is 19.8. The van der Waals surface area contributed by atoms with Gasteiger partial charge in [0.2, 0.25) is 11.6 Å². The predicted octanol–water partition coefficient (Wildman–Crippen LogP) is 3.08. The van der Waals surface area contributed by atoms with E-state index in [0.717, 1.165) is 31.9 Å². The largest absolute Gasteiger partial charge is 0.369 e. The minimum atomic E-state index is -0.434. The van der Waals surface area contributed by atoms with Gasteiger partial charge in [0.25, 0.3) is 0 Å². The number of likely N-dealkylation sites (N-methyl/N-ethyl adjacent to an activating group) is 1. The second-order valence-corrected chi connectivity index (χ2v) is 7.54. The van der Waals surface area contributed by atoms with Crippen molar-refractivity contribution in [1.82, 2.24) is 9.88 Å². The van der Waals surface area contributed by atoms with E-state index in [1.165, 1.54) is 0 Å². The Labute approximate surface area is 168 Å². The highest BCUT2D eigenvalue weighted by molar-refractivity contribution is 6.50. The third-order valence-corrected chi connectivity index (χ3v) is 5.51. The van der Waals surface area contributed by atoms with Crippen LogP contribution in [0.3, 0.4) is 0 Å². The van der Waals surface area contributed by atoms with E-state index >= 15 is 0 Å². The Balaban J connectivity index is 1.55. The van der Waals surface area contributed by atoms with Crippen LogP contribution in [0.1, 0.15) is 26.5 Å². The third kappa shape index (κ3) is 3.41. The van der Waals surface area contributed by atoms with Crippen LogP contribution in [0.4, 0.5) is 11.4 Å². The minimum absolute atomic E-state index is 0.0946. The van der Waals surface area contributed by atoms with Crippen molar-refractivity contribution < 1.29 is 9.59 Å². The number of Topliss-reactive ketones (excluding diaryl/α,β-unsaturated/α-hetero) is 2. The lowest BCUT2D eigenvalue weighted by Gasteiger charge is -2.34. The summed E-state index contributed by atoms with van der Waals surface area (Å²) in [5, 5.41) is 2.90. The number of anilines is 2. The molecule has 4 rings (SSSR count). The Bertz CT molecular complexity index is 976. The normalized spacial score (nSPS) is 17.8. The van der Waals surface area contributed by atoms with Crippen LogP contribution in [0.25, 0.3) is 0 Å². The number of nitrogens with zero attached hydrogens (tertiary/aromatic N) is 3. The molecule has 144 valence electrons. The van der Waals surface area contributed by atoms with E-state index in [-0.39, 0.29) is 27.8 Å². The summed E-state index contributed by atoms with van der Waals surface area (Å²) in [6, 6.07) is 11.1. The van der Waals surface area contributed by atoms with Gasteiger partial charge < -0.3 is 15.1 Å². The predicted molar refractivity (Wildman–Crippen MR) is 110 cm³/mol. The Morgan fingerprint density at radius 2 is 1.64 bits per heavy atom. The van der Waals surface area contributed by atoms with Crippen molar-refractivity contribution in [1.29, 1.82) is 0 Å². The summed E-state index contributed by atoms with van der Waals surface area (Å²) in [5.41, 5.74) is 2.99. The number of carbonyl (C=O) groups is 2. The number of aromatic nitrogens is 1. The first kappa shape index (κ1) is 18.7. The van der Waals surface area contributed by atoms with Crippen molar-refractivity contribution in [3.63, 3.8) is 0 Å². The van der Waals surface area contributed by atoms with Gasteiger partial charge in [-0.15, -0.1) is 0 Å². The summed E-state index contributed by atoms with van der Waals surface area (Å²) in [5.74, 6) is -0.758. The van der Waals surface area contributed by atoms with Crippen molar-refractivity contribution in [3.8, 4) is 0 Å². The average Bonchev–Trinajstić information content (AvgIpc) is 2.70. The summed E-state index contributed by atoms with van der Waals surface area (Å²) in [7, 11) is 2.12. The van der Waals surface area contributed by atoms with Gasteiger partial charge >= 0.3 is 0 Å². The average molecular weight is 397 g/mol. The molecule has 6 nitrogen and oxygen atoms in total. The number of carbonyl (C=O) groups excluding carboxylic acids is 2. The Morgan fingerprint density at radius 1 is 0.964 bits per heavy atom. The molecular formula is C21H21ClN4O2. The standard InChI is InChI=1S/C21H21ClN4O2/c1-13-3-8-16-18(23-13)21(28)17(22)19(20(16)27)24-14-4-6-15(7-5-14)26-11-9-25(2)10-12-26/h3-8,24H,9-12H2,1-2H3. The van der Waals surface area contributed by atoms with Crippen LogP contribution in [0, 0.1) is 6.92 Å². The minimum Gasteiger partial charge on any atom is -0.369 e. The molecule has 2 heterocycles. The molecule has 0 atom stereocenters. The van der Waals surface area contributed by atoms with Crippen LogP contribution in [-0.2, 0) is 0 Å². The second-order valence-electron chi connectivity index (χ2n) is 7.16. The highest BCUT2D eigenvalue weighted by atomic mass is 35.5. The maximum Gasteiger partial charge on any atom is 0.225 e. The van der Waals surface area contributed by atoms with Crippen molar-refractivity contribution in [2.45, 2.75) is 6.92 Å². The molecule has 0 radical (unpaired) electrons. The molecule has 0 saturated carbocycles. The van der Waals surface area contributed by atoms with Crippen LogP contribution in [-0.4, -0.2) is 54.7 Å². The van der Waals surface area contributed by atoms with Crippen LogP contribution >= 0.6 is 11.6 Å². The Kier molecular flexibility index (Phi) is 4.91. The first-order valence-corrected chi connectivity index (χ1v) is 9.59. The quantitative estimate of drug-likeness (QED) is 0.860. The highest BCUT2D eigenvalue weighted by Crippen LogP contribution is 2.29. The summed E-state index contributed by atoms with van der Waals surface area (Å²) < 4.78 is 0. The molecule has 2 aromatic rings. The van der Waals surface area contributed by atoms with Gasteiger partial charge in [-0.3, -0.25) is 9.59 Å². The van der Waals surface area contributed by atoms with E-state index in [2.05, 4.69) is 27.1 Å². The number of piperazine rings is 1. The number of hydrogen-bond acceptors (Lipinski definition) is 6. The van der Waals surface area contributed by atoms with Gasteiger partial charge in [0.1, 0.15) is 16.4 Å². The lowest BCUT2D eigenvalue weighted by Crippen LogP contribution is -2.44. The van der Waals surface area contributed by atoms with E-state index in [0.29, 0.717) is 11.4 Å². The van der Waals surface area contributed by atoms with Crippen molar-refractivity contribution in [2.24, 2.45) is 0 Å². The number of ketones is 2. The highest BCUT2D eigenvalue weighted by Gasteiger charge is 2.33. The van der Waals surface area contributed by atoms with Crippen LogP contribution in [0.15, 0.2) is 47.1 Å². The van der Waals surface area contributed by atoms with E-state index < -0.39 is 5.78 Å². The summed E-state index contributed by atoms with van der Waals surface area (Å²) in [6.45, 7) is 5.80. The molecule has 1 saturated heterocycles. The van der Waals surface area contributed by atoms with Crippen molar-refractivity contribution in [3.05, 3.63) is 64.1 Å². The fourth-order valence-corrected chi connectivity index (χ4v) is 3.66. The zero-order valence-electron chi connectivity index (χ0n) is 15.8. The van der Waals surface area contributed by atoms with Crippen LogP contribution < -0.4 is 10.2 Å². The van der Waals surface area contributed by atoms with E-state index in [4.69, 9.17) is 11.6 Å². The molecule has 2 aliphatic rings. The first-order valence-electron chi connectivity index (χ1n) is 9.21. The van der Waals surface area contributed by atoms with Gasteiger partial charge in [-0.1, -0.05) is 11.6 Å². The van der Waals surface area contributed by atoms with Gasteiger partial charge in [-0.05, 0) is 50.4 Å². The molecule has 0 spiro atoms. The maximum absolute atomic E-state index is 12.8. The third-order valence-electron chi connectivity index (χ3n) is 5.15. The van der Waals surface area contributed by atoms with Crippen molar-refractivity contribution >= 4 is 34.5 Å². The summed E-state index contributed by atoms with van der Waals surface area (Å²) >= 11 is 6.22. The second kappa shape index (κ2) is 7.37. The smallest absolute Gasteiger partial charge is 0.225 e. The summed E-state index contributed by atoms with van der Waals surface area (Å²) in [6.07, 6.45) is 0. The number of rotatable bonds is 3. The van der Waals surface area contributed by atoms with Crippen LogP contribution in [0.5, 0.6) is 0 Å². The van der Waals surface area contributed by atoms with Crippen molar-refractivity contribution in [2.75, 3.05) is 43.4 Å². The van der Waals surface area contributed by atoms with Crippen LogP contribution in [0.2, 0.25) is 0 Å². The molecule has 0 amide bonds. The zero-order valence-corrected chi connectivity index (χ0v) is 16.6. The van der Waals surface area contributed by atoms with Gasteiger partial charge in [-0.2, -0.15) is 0 Å². The maximum atomic E-state index is 12.8. The number of hydrogen-bond donors (Lipinski definition) is 1. The topological polar surface area (TPSA) is 65.5 Å². The molecule has 1 fully saturated rings. The van der Waals surface area contributed by atoms with Gasteiger partial charge in [0.15, 0.2) is 0 Å². The molecule has 0 unspecified atom stereocenters. The molecule has 7 heteroatoms. The van der Waals surface area contributed by atoms with E-state index in [9.17, 15) is 9.59 Å². The molecular weight excluding hydrogens is 376 g/mol. The molecule has 0 bridgehead atoms. The van der Waals surface area contributed by atoms with Gasteiger partial charge in [0, 0.05) is 43.2 Å². The fourth-order valence-electron chi connectivity index (χ4n) is 3.44. The fraction of sp³-hybridized carbons (Fsp3) is 0.286. The summed E-state index contributed by atoms with van der Waals surface area (Å²) in [4.78, 5) is 34.2. The lowest BCUT2D eigenvalue weighted by molar-refractivity contribution is 0.0978. The van der Waals surface area contributed by atoms with Gasteiger partial charge in [-0.25, -0.2) is 4.98 Å². The molecule has 1 aliphatic heterocycles. The number of aryl methyl sites for hydroxylation is 1. The monoisotopic (exact) mass is 396 g/mol. The Morgan fingerprint density at radius 3 is 2.32 bits per heavy atom.